The van der Waals surface area contributed by atoms with Gasteiger partial charge in [0.1, 0.15) is 11.8 Å². The van der Waals surface area contributed by atoms with Crippen LogP contribution in [0.5, 0.6) is 0 Å². The minimum Gasteiger partial charge on any atom is -0.378 e. The highest BCUT2D eigenvalue weighted by Gasteiger charge is 2.32. The molecule has 3 aromatic heterocycles. The number of hydrogen-bond acceptors (Lipinski definition) is 9. The van der Waals surface area contributed by atoms with Gasteiger partial charge in [0.2, 0.25) is 0 Å². The summed E-state index contributed by atoms with van der Waals surface area (Å²) >= 11 is 14.5. The van der Waals surface area contributed by atoms with E-state index in [0.29, 0.717) is 33.3 Å². The number of thiophene rings is 1. The molecule has 5 heterocycles. The summed E-state index contributed by atoms with van der Waals surface area (Å²) in [6.07, 6.45) is 4.12. The first-order valence-corrected chi connectivity index (χ1v) is 14.9. The summed E-state index contributed by atoms with van der Waals surface area (Å²) in [6, 6.07) is 10.6. The van der Waals surface area contributed by atoms with E-state index in [1.165, 1.54) is 22.7 Å². The second-order valence-electron chi connectivity index (χ2n) is 10.2. The van der Waals surface area contributed by atoms with Gasteiger partial charge >= 0.3 is 0 Å². The molecule has 212 valence electrons. The Morgan fingerprint density at radius 3 is 2.88 bits per heavy atom. The summed E-state index contributed by atoms with van der Waals surface area (Å²) in [5.74, 6) is -0.620. The molecule has 3 N–H and O–H groups in total. The first kappa shape index (κ1) is 27.1. The van der Waals surface area contributed by atoms with Crippen LogP contribution in [0.15, 0.2) is 48.1 Å². The lowest BCUT2D eigenvalue weighted by molar-refractivity contribution is -0.0691. The minimum absolute atomic E-state index is 0.0315. The van der Waals surface area contributed by atoms with Gasteiger partial charge in [-0.3, -0.25) is 15.0 Å². The summed E-state index contributed by atoms with van der Waals surface area (Å²) in [5, 5.41) is 30.7. The Bertz CT molecular complexity index is 1840. The number of nitrogens with one attached hydrogen (secondary N) is 3. The Labute approximate surface area is 254 Å². The number of rotatable bonds is 7. The quantitative estimate of drug-likeness (QED) is 0.191. The van der Waals surface area contributed by atoms with E-state index in [2.05, 4.69) is 47.4 Å². The van der Waals surface area contributed by atoms with Crippen molar-refractivity contribution in [1.29, 1.82) is 5.26 Å². The number of aromatic nitrogens is 4. The van der Waals surface area contributed by atoms with E-state index in [4.69, 9.17) is 27.9 Å². The van der Waals surface area contributed by atoms with E-state index in [1.807, 2.05) is 6.07 Å². The Hall–Kier alpha value is -3.79. The molecule has 0 spiro atoms. The van der Waals surface area contributed by atoms with Crippen LogP contribution in [0.25, 0.3) is 10.9 Å². The molecule has 1 saturated heterocycles. The highest BCUT2D eigenvalue weighted by Crippen LogP contribution is 2.40. The Morgan fingerprint density at radius 2 is 2.12 bits per heavy atom. The van der Waals surface area contributed by atoms with Gasteiger partial charge in [-0.05, 0) is 47.2 Å². The van der Waals surface area contributed by atoms with Crippen LogP contribution >= 0.6 is 34.5 Å². The summed E-state index contributed by atoms with van der Waals surface area (Å²) < 4.78 is 20.3. The second-order valence-corrected chi connectivity index (χ2v) is 12.0. The molecule has 1 fully saturated rings. The maximum Gasteiger partial charge on any atom is 0.165 e. The maximum atomic E-state index is 14.8. The van der Waals surface area contributed by atoms with Crippen LogP contribution < -0.4 is 10.6 Å². The Morgan fingerprint density at radius 1 is 1.24 bits per heavy atom. The van der Waals surface area contributed by atoms with Crippen molar-refractivity contribution < 1.29 is 9.13 Å². The first-order chi connectivity index (χ1) is 20.5. The number of ether oxygens (including phenoxy) is 1. The fourth-order valence-electron chi connectivity index (χ4n) is 5.49. The number of fused-ring (bicyclic) bond motifs is 2. The molecule has 0 aliphatic carbocycles. The van der Waals surface area contributed by atoms with Gasteiger partial charge in [0.25, 0.3) is 0 Å². The fraction of sp³-hybridized carbons (Fsp3) is 0.241. The van der Waals surface area contributed by atoms with Crippen molar-refractivity contribution in [3.05, 3.63) is 91.2 Å². The number of pyridine rings is 1. The van der Waals surface area contributed by atoms with Gasteiger partial charge in [0, 0.05) is 41.4 Å². The van der Waals surface area contributed by atoms with Crippen molar-refractivity contribution in [2.45, 2.75) is 25.0 Å². The Kier molecular flexibility index (Phi) is 7.17. The largest absolute Gasteiger partial charge is 0.378 e. The summed E-state index contributed by atoms with van der Waals surface area (Å²) in [6.45, 7) is 3.46. The summed E-state index contributed by atoms with van der Waals surface area (Å²) in [7, 11) is 0. The molecule has 2 aliphatic rings. The molecule has 1 atom stereocenters. The minimum atomic E-state index is -0.620. The van der Waals surface area contributed by atoms with E-state index >= 15 is 0 Å². The number of halogens is 3. The molecular formula is C29H23Cl2FN8OS. The van der Waals surface area contributed by atoms with E-state index in [1.54, 1.807) is 35.7 Å². The number of hydrogen-bond donors (Lipinski definition) is 3. The third kappa shape index (κ3) is 4.85. The van der Waals surface area contributed by atoms with Crippen LogP contribution in [0, 0.1) is 17.1 Å². The molecule has 7 rings (SSSR count). The van der Waals surface area contributed by atoms with E-state index < -0.39 is 5.82 Å². The van der Waals surface area contributed by atoms with E-state index in [9.17, 15) is 9.65 Å². The predicted octanol–water partition coefficient (Wildman–Crippen LogP) is 6.43. The van der Waals surface area contributed by atoms with Gasteiger partial charge in [-0.2, -0.15) is 5.26 Å². The highest BCUT2D eigenvalue weighted by molar-refractivity contribution is 7.10. The first-order valence-electron chi connectivity index (χ1n) is 13.3. The van der Waals surface area contributed by atoms with Gasteiger partial charge < -0.3 is 15.4 Å². The number of anilines is 3. The zero-order valence-electron chi connectivity index (χ0n) is 22.0. The van der Waals surface area contributed by atoms with E-state index in [-0.39, 0.29) is 22.3 Å². The summed E-state index contributed by atoms with van der Waals surface area (Å²) in [4.78, 5) is 8.25. The third-order valence-corrected chi connectivity index (χ3v) is 9.37. The third-order valence-electron chi connectivity index (χ3n) is 7.76. The normalized spacial score (nSPS) is 16.0. The molecule has 0 saturated carbocycles. The van der Waals surface area contributed by atoms with Crippen molar-refractivity contribution in [2.24, 2.45) is 0 Å². The molecule has 0 bridgehead atoms. The van der Waals surface area contributed by atoms with Gasteiger partial charge in [-0.1, -0.05) is 34.5 Å². The summed E-state index contributed by atoms with van der Waals surface area (Å²) in [5.41, 5.74) is 5.06. The second kappa shape index (κ2) is 11.1. The monoisotopic (exact) mass is 620 g/mol. The van der Waals surface area contributed by atoms with Gasteiger partial charge in [0.05, 0.1) is 57.8 Å². The average Bonchev–Trinajstić information content (AvgIpc) is 3.64. The van der Waals surface area contributed by atoms with Crippen molar-refractivity contribution in [3.8, 4) is 6.07 Å². The number of H-pyrrole nitrogens is 1. The van der Waals surface area contributed by atoms with E-state index in [0.717, 1.165) is 44.0 Å². The van der Waals surface area contributed by atoms with Crippen LogP contribution in [0.1, 0.15) is 33.3 Å². The lowest BCUT2D eigenvalue weighted by Crippen LogP contribution is -2.50. The predicted molar refractivity (Wildman–Crippen MR) is 161 cm³/mol. The van der Waals surface area contributed by atoms with Gasteiger partial charge in [-0.25, -0.2) is 4.39 Å². The molecule has 0 unspecified atom stereocenters. The van der Waals surface area contributed by atoms with Crippen LogP contribution in [0.3, 0.4) is 0 Å². The molecule has 5 aromatic rings. The van der Waals surface area contributed by atoms with Crippen molar-refractivity contribution >= 4 is 62.5 Å². The standard InChI is InChI=1S/C29H23Cl2FN8OS/c30-21-2-1-3-23(26(21)32)37-27-15(8-33)9-34-28-19(27)6-16(7-22(28)31)36-29(24-10-35-39-38-24)20-14-42-25-11-40(5-4-18(20)25)17-12-41-13-17/h1-3,6-7,9-10,14,17,29,36H,4-5,11-13H2,(H,34,37)(H,35,38,39)/t29-/m0/s1. The van der Waals surface area contributed by atoms with Crippen molar-refractivity contribution in [3.63, 3.8) is 0 Å². The Balaban J connectivity index is 1.28. The lowest BCUT2D eigenvalue weighted by Gasteiger charge is -2.39. The van der Waals surface area contributed by atoms with Crippen LogP contribution in [0.2, 0.25) is 10.0 Å². The zero-order valence-corrected chi connectivity index (χ0v) is 24.3. The smallest absolute Gasteiger partial charge is 0.165 e. The zero-order chi connectivity index (χ0) is 28.8. The van der Waals surface area contributed by atoms with Gasteiger partial charge in [0.15, 0.2) is 5.82 Å². The number of nitriles is 1. The molecule has 42 heavy (non-hydrogen) atoms. The molecule has 13 heteroatoms. The fourth-order valence-corrected chi connectivity index (χ4v) is 7.08. The SMILES string of the molecule is N#Cc1cnc2c(Cl)cc(N[C@H](c3c[nH]nn3)c3csc4c3CCN(C3COC3)C4)cc2c1Nc1cccc(Cl)c1F. The van der Waals surface area contributed by atoms with Crippen LogP contribution in [-0.2, 0) is 17.7 Å². The molecular weight excluding hydrogens is 598 g/mol. The van der Waals surface area contributed by atoms with Crippen LogP contribution in [-0.4, -0.2) is 51.1 Å². The highest BCUT2D eigenvalue weighted by atomic mass is 35.5. The molecule has 0 radical (unpaired) electrons. The number of benzene rings is 2. The number of aromatic amines is 1. The van der Waals surface area contributed by atoms with Gasteiger partial charge in [-0.15, -0.1) is 16.4 Å². The maximum absolute atomic E-state index is 14.8. The topological polar surface area (TPSA) is 115 Å². The molecule has 0 amide bonds. The molecule has 9 nitrogen and oxygen atoms in total. The molecule has 2 aliphatic heterocycles. The van der Waals surface area contributed by atoms with Crippen LogP contribution in [0.4, 0.5) is 21.5 Å². The number of nitrogens with zero attached hydrogens (tertiary/aromatic N) is 5. The van der Waals surface area contributed by atoms with Crippen molar-refractivity contribution in [1.82, 2.24) is 25.3 Å². The lowest BCUT2D eigenvalue weighted by atomic mass is 9.95. The average molecular weight is 622 g/mol. The van der Waals surface area contributed by atoms with Crippen molar-refractivity contribution in [2.75, 3.05) is 30.4 Å². The molecule has 2 aromatic carbocycles.